The van der Waals surface area contributed by atoms with E-state index in [1.54, 1.807) is 0 Å². The van der Waals surface area contributed by atoms with Crippen molar-refractivity contribution < 1.29 is 4.74 Å². The van der Waals surface area contributed by atoms with Gasteiger partial charge in [0.1, 0.15) is 0 Å². The van der Waals surface area contributed by atoms with E-state index in [9.17, 15) is 0 Å². The van der Waals surface area contributed by atoms with Gasteiger partial charge in [0.05, 0.1) is 5.60 Å². The van der Waals surface area contributed by atoms with E-state index >= 15 is 0 Å². The van der Waals surface area contributed by atoms with Crippen LogP contribution in [0.2, 0.25) is 0 Å². The zero-order valence-electron chi connectivity index (χ0n) is 7.42. The van der Waals surface area contributed by atoms with Crippen LogP contribution >= 0.6 is 12.4 Å². The maximum absolute atomic E-state index is 5.83. The quantitative estimate of drug-likeness (QED) is 0.635. The van der Waals surface area contributed by atoms with E-state index in [0.29, 0.717) is 6.04 Å². The highest BCUT2D eigenvalue weighted by molar-refractivity contribution is 5.85. The molecule has 0 aromatic carbocycles. The molecule has 2 aliphatic rings. The van der Waals surface area contributed by atoms with Gasteiger partial charge in [0.25, 0.3) is 0 Å². The van der Waals surface area contributed by atoms with Crippen molar-refractivity contribution in [3.05, 3.63) is 0 Å². The SMILES string of the molecule is Cl.NC1CCC2(CCCO2)CC1. The second-order valence-corrected chi connectivity index (χ2v) is 3.97. The molecule has 0 amide bonds. The number of rotatable bonds is 0. The molecule has 2 nitrogen and oxygen atoms in total. The molecule has 1 spiro atoms. The molecule has 0 radical (unpaired) electrons. The molecular weight excluding hydrogens is 174 g/mol. The topological polar surface area (TPSA) is 35.2 Å². The largest absolute Gasteiger partial charge is 0.375 e. The first-order chi connectivity index (χ1) is 5.31. The van der Waals surface area contributed by atoms with Crippen molar-refractivity contribution in [3.63, 3.8) is 0 Å². The van der Waals surface area contributed by atoms with Gasteiger partial charge in [0.15, 0.2) is 0 Å². The van der Waals surface area contributed by atoms with Crippen molar-refractivity contribution in [3.8, 4) is 0 Å². The van der Waals surface area contributed by atoms with Gasteiger partial charge in [0, 0.05) is 12.6 Å². The first-order valence-electron chi connectivity index (χ1n) is 4.70. The first kappa shape index (κ1) is 10.3. The van der Waals surface area contributed by atoms with Crippen LogP contribution in [0.1, 0.15) is 38.5 Å². The van der Waals surface area contributed by atoms with Gasteiger partial charge in [-0.25, -0.2) is 0 Å². The lowest BCUT2D eigenvalue weighted by Gasteiger charge is -2.35. The molecule has 1 saturated heterocycles. The lowest BCUT2D eigenvalue weighted by atomic mass is 9.81. The van der Waals surface area contributed by atoms with Gasteiger partial charge in [-0.2, -0.15) is 0 Å². The Morgan fingerprint density at radius 3 is 2.33 bits per heavy atom. The Morgan fingerprint density at radius 1 is 1.17 bits per heavy atom. The van der Waals surface area contributed by atoms with E-state index in [4.69, 9.17) is 10.5 Å². The smallest absolute Gasteiger partial charge is 0.0684 e. The van der Waals surface area contributed by atoms with Crippen LogP contribution in [0.25, 0.3) is 0 Å². The predicted molar refractivity (Wildman–Crippen MR) is 51.6 cm³/mol. The summed E-state index contributed by atoms with van der Waals surface area (Å²) in [6.07, 6.45) is 7.28. The van der Waals surface area contributed by atoms with Gasteiger partial charge in [-0.1, -0.05) is 0 Å². The van der Waals surface area contributed by atoms with Crippen LogP contribution in [0.15, 0.2) is 0 Å². The molecule has 2 rings (SSSR count). The van der Waals surface area contributed by atoms with Crippen molar-refractivity contribution in [1.29, 1.82) is 0 Å². The van der Waals surface area contributed by atoms with Gasteiger partial charge in [-0.15, -0.1) is 12.4 Å². The fourth-order valence-electron chi connectivity index (χ4n) is 2.32. The highest BCUT2D eigenvalue weighted by atomic mass is 35.5. The number of hydrogen-bond acceptors (Lipinski definition) is 2. The normalized spacial score (nSPS) is 41.2. The van der Waals surface area contributed by atoms with Crippen LogP contribution in [0, 0.1) is 0 Å². The molecule has 12 heavy (non-hydrogen) atoms. The summed E-state index contributed by atoms with van der Waals surface area (Å²) in [5.41, 5.74) is 6.10. The van der Waals surface area contributed by atoms with Crippen LogP contribution in [0.3, 0.4) is 0 Å². The third kappa shape index (κ3) is 1.93. The van der Waals surface area contributed by atoms with Crippen molar-refractivity contribution in [2.45, 2.75) is 50.2 Å². The second-order valence-electron chi connectivity index (χ2n) is 3.97. The molecule has 1 aliphatic heterocycles. The third-order valence-corrected chi connectivity index (χ3v) is 3.13. The molecular formula is C9H18ClNO. The average molecular weight is 192 g/mol. The summed E-state index contributed by atoms with van der Waals surface area (Å²) in [7, 11) is 0. The summed E-state index contributed by atoms with van der Waals surface area (Å²) < 4.78 is 5.77. The van der Waals surface area contributed by atoms with Crippen LogP contribution in [-0.2, 0) is 4.74 Å². The average Bonchev–Trinajstić information content (AvgIpc) is 2.45. The summed E-state index contributed by atoms with van der Waals surface area (Å²) in [5.74, 6) is 0. The van der Waals surface area contributed by atoms with Gasteiger partial charge >= 0.3 is 0 Å². The highest BCUT2D eigenvalue weighted by Gasteiger charge is 2.37. The van der Waals surface area contributed by atoms with E-state index in [0.717, 1.165) is 6.61 Å². The van der Waals surface area contributed by atoms with Crippen LogP contribution in [0.4, 0.5) is 0 Å². The van der Waals surface area contributed by atoms with Crippen molar-refractivity contribution >= 4 is 12.4 Å². The van der Waals surface area contributed by atoms with Crippen LogP contribution < -0.4 is 5.73 Å². The molecule has 0 aromatic rings. The molecule has 2 fully saturated rings. The minimum absolute atomic E-state index is 0. The lowest BCUT2D eigenvalue weighted by Crippen LogP contribution is -2.38. The summed E-state index contributed by atoms with van der Waals surface area (Å²) in [6.45, 7) is 0.981. The van der Waals surface area contributed by atoms with Crippen molar-refractivity contribution in [2.24, 2.45) is 5.73 Å². The number of hydrogen-bond donors (Lipinski definition) is 1. The number of ether oxygens (including phenoxy) is 1. The molecule has 1 saturated carbocycles. The maximum atomic E-state index is 5.83. The monoisotopic (exact) mass is 191 g/mol. The zero-order valence-corrected chi connectivity index (χ0v) is 8.24. The number of halogens is 1. The van der Waals surface area contributed by atoms with Gasteiger partial charge in [-0.05, 0) is 38.5 Å². The first-order valence-corrected chi connectivity index (χ1v) is 4.70. The van der Waals surface area contributed by atoms with Crippen LogP contribution in [0.5, 0.6) is 0 Å². The fourth-order valence-corrected chi connectivity index (χ4v) is 2.32. The summed E-state index contributed by atoms with van der Waals surface area (Å²) >= 11 is 0. The molecule has 72 valence electrons. The van der Waals surface area contributed by atoms with Gasteiger partial charge in [0.2, 0.25) is 0 Å². The fraction of sp³-hybridized carbons (Fsp3) is 1.00. The zero-order chi connectivity index (χ0) is 7.73. The van der Waals surface area contributed by atoms with E-state index in [-0.39, 0.29) is 18.0 Å². The molecule has 0 atom stereocenters. The van der Waals surface area contributed by atoms with Crippen LogP contribution in [-0.4, -0.2) is 18.2 Å². The van der Waals surface area contributed by atoms with E-state index in [2.05, 4.69) is 0 Å². The Labute approximate surface area is 80.3 Å². The third-order valence-electron chi connectivity index (χ3n) is 3.13. The molecule has 0 unspecified atom stereocenters. The van der Waals surface area contributed by atoms with E-state index in [1.807, 2.05) is 0 Å². The minimum Gasteiger partial charge on any atom is -0.375 e. The van der Waals surface area contributed by atoms with E-state index in [1.165, 1.54) is 38.5 Å². The minimum atomic E-state index is 0. The second kappa shape index (κ2) is 3.95. The maximum Gasteiger partial charge on any atom is 0.0684 e. The van der Waals surface area contributed by atoms with Gasteiger partial charge in [-0.3, -0.25) is 0 Å². The Bertz CT molecular complexity index is 135. The van der Waals surface area contributed by atoms with Crippen molar-refractivity contribution in [1.82, 2.24) is 0 Å². The number of nitrogens with two attached hydrogens (primary N) is 1. The van der Waals surface area contributed by atoms with Gasteiger partial charge < -0.3 is 10.5 Å². The highest BCUT2D eigenvalue weighted by Crippen LogP contribution is 2.38. The Hall–Kier alpha value is 0.210. The summed E-state index contributed by atoms with van der Waals surface area (Å²) in [6, 6.07) is 0.449. The standard InChI is InChI=1S/C9H17NO.ClH/c10-8-2-5-9(6-3-8)4-1-7-11-9;/h8H,1-7,10H2;1H. The Kier molecular flexibility index (Phi) is 3.38. The van der Waals surface area contributed by atoms with Crippen molar-refractivity contribution in [2.75, 3.05) is 6.61 Å². The molecule has 2 N–H and O–H groups in total. The Morgan fingerprint density at radius 2 is 1.83 bits per heavy atom. The summed E-state index contributed by atoms with van der Waals surface area (Å²) in [5, 5.41) is 0. The predicted octanol–water partition coefficient (Wildman–Crippen LogP) is 1.86. The molecule has 1 aliphatic carbocycles. The Balaban J connectivity index is 0.000000720. The molecule has 3 heteroatoms. The molecule has 0 aromatic heterocycles. The van der Waals surface area contributed by atoms with E-state index < -0.39 is 0 Å². The molecule has 0 bridgehead atoms. The lowest BCUT2D eigenvalue weighted by molar-refractivity contribution is -0.0275. The molecule has 1 heterocycles. The summed E-state index contributed by atoms with van der Waals surface area (Å²) in [4.78, 5) is 0.